The molecule has 0 saturated heterocycles. The summed E-state index contributed by atoms with van der Waals surface area (Å²) in [5.41, 5.74) is 2.72. The number of carbonyl (C=O) groups excluding carboxylic acids is 2. The number of fused-ring (bicyclic) bond motifs is 1. The molecule has 0 bridgehead atoms. The van der Waals surface area contributed by atoms with E-state index in [0.29, 0.717) is 30.0 Å². The van der Waals surface area contributed by atoms with Gasteiger partial charge in [-0.25, -0.2) is 8.42 Å². The van der Waals surface area contributed by atoms with Gasteiger partial charge in [0.1, 0.15) is 5.75 Å². The molecule has 8 heteroatoms. The van der Waals surface area contributed by atoms with E-state index in [-0.39, 0.29) is 23.6 Å². The maximum atomic E-state index is 13.6. The molecule has 1 heterocycles. The molecule has 2 amide bonds. The summed E-state index contributed by atoms with van der Waals surface area (Å²) in [6.07, 6.45) is 1.29. The Morgan fingerprint density at radius 3 is 2.48 bits per heavy atom. The minimum atomic E-state index is -3.90. The third-order valence-electron chi connectivity index (χ3n) is 6.30. The molecule has 1 saturated carbocycles. The zero-order valence-electron chi connectivity index (χ0n) is 17.8. The summed E-state index contributed by atoms with van der Waals surface area (Å²) in [7, 11) is -3.90. The van der Waals surface area contributed by atoms with Crippen LogP contribution in [0.3, 0.4) is 0 Å². The van der Waals surface area contributed by atoms with E-state index < -0.39 is 26.6 Å². The third kappa shape index (κ3) is 3.59. The number of anilines is 2. The van der Waals surface area contributed by atoms with Gasteiger partial charge in [0.2, 0.25) is 5.91 Å². The maximum Gasteiger partial charge on any atom is 0.265 e. The first-order valence-corrected chi connectivity index (χ1v) is 11.9. The van der Waals surface area contributed by atoms with Gasteiger partial charge in [0.25, 0.3) is 5.91 Å². The summed E-state index contributed by atoms with van der Waals surface area (Å²) in [6.45, 7) is 5.43. The standard InChI is InChI=1S/C23H26N2O5S/c1-14-6-8-18(12-15(14)2)31(28,29)23(10-4-5-11-23)22(27)24-17-7-9-20-19(13-17)25-21(26)16(3)30-20/h6-9,12-13,16H,4-5,10-11H2,1-3H3,(H,24,27)(H,25,26). The van der Waals surface area contributed by atoms with Crippen LogP contribution in [0, 0.1) is 13.8 Å². The number of ether oxygens (including phenoxy) is 1. The summed E-state index contributed by atoms with van der Waals surface area (Å²) in [5.74, 6) is -0.316. The van der Waals surface area contributed by atoms with Gasteiger partial charge in [-0.3, -0.25) is 9.59 Å². The smallest absolute Gasteiger partial charge is 0.265 e. The van der Waals surface area contributed by atoms with Crippen LogP contribution >= 0.6 is 0 Å². The molecule has 7 nitrogen and oxygen atoms in total. The number of hydrogen-bond acceptors (Lipinski definition) is 5. The number of nitrogens with one attached hydrogen (secondary N) is 2. The van der Waals surface area contributed by atoms with Gasteiger partial charge in [-0.05, 0) is 75.1 Å². The van der Waals surface area contributed by atoms with E-state index in [0.717, 1.165) is 11.1 Å². The Balaban J connectivity index is 1.66. The summed E-state index contributed by atoms with van der Waals surface area (Å²) < 4.78 is 31.3. The van der Waals surface area contributed by atoms with Gasteiger partial charge in [0, 0.05) is 5.69 Å². The fourth-order valence-corrected chi connectivity index (χ4v) is 6.35. The van der Waals surface area contributed by atoms with Crippen molar-refractivity contribution < 1.29 is 22.7 Å². The monoisotopic (exact) mass is 442 g/mol. The maximum absolute atomic E-state index is 13.6. The van der Waals surface area contributed by atoms with Gasteiger partial charge in [-0.1, -0.05) is 18.9 Å². The van der Waals surface area contributed by atoms with E-state index in [4.69, 9.17) is 4.74 Å². The molecule has 2 aromatic rings. The molecule has 0 spiro atoms. The molecule has 1 atom stereocenters. The minimum absolute atomic E-state index is 0.174. The van der Waals surface area contributed by atoms with Crippen LogP contribution in [0.4, 0.5) is 11.4 Å². The molecular weight excluding hydrogens is 416 g/mol. The highest BCUT2D eigenvalue weighted by Crippen LogP contribution is 2.42. The van der Waals surface area contributed by atoms with Crippen LogP contribution < -0.4 is 15.4 Å². The van der Waals surface area contributed by atoms with Crippen LogP contribution in [0.1, 0.15) is 43.7 Å². The normalized spacial score (nSPS) is 19.8. The summed E-state index contributed by atoms with van der Waals surface area (Å²) in [6, 6.07) is 9.88. The number of hydrogen-bond donors (Lipinski definition) is 2. The molecule has 4 rings (SSSR count). The number of benzene rings is 2. The number of carbonyl (C=O) groups is 2. The van der Waals surface area contributed by atoms with Gasteiger partial charge in [0.05, 0.1) is 10.6 Å². The zero-order chi connectivity index (χ0) is 22.4. The van der Waals surface area contributed by atoms with Crippen molar-refractivity contribution in [1.82, 2.24) is 0 Å². The second-order valence-corrected chi connectivity index (χ2v) is 10.6. The summed E-state index contributed by atoms with van der Waals surface area (Å²) in [4.78, 5) is 25.4. The largest absolute Gasteiger partial charge is 0.479 e. The molecule has 31 heavy (non-hydrogen) atoms. The lowest BCUT2D eigenvalue weighted by Gasteiger charge is -2.28. The molecule has 1 unspecified atom stereocenters. The first kappa shape index (κ1) is 21.4. The van der Waals surface area contributed by atoms with E-state index in [9.17, 15) is 18.0 Å². The Bertz CT molecular complexity index is 1170. The van der Waals surface area contributed by atoms with Crippen LogP contribution in [-0.4, -0.2) is 31.1 Å². The van der Waals surface area contributed by atoms with Gasteiger partial charge < -0.3 is 15.4 Å². The highest BCUT2D eigenvalue weighted by atomic mass is 32.2. The second-order valence-electron chi connectivity index (χ2n) is 8.37. The molecule has 1 fully saturated rings. The van der Waals surface area contributed by atoms with Crippen molar-refractivity contribution in [1.29, 1.82) is 0 Å². The Morgan fingerprint density at radius 2 is 1.81 bits per heavy atom. The van der Waals surface area contributed by atoms with Gasteiger partial charge in [0.15, 0.2) is 20.7 Å². The molecule has 0 radical (unpaired) electrons. The van der Waals surface area contributed by atoms with E-state index in [1.807, 2.05) is 13.8 Å². The van der Waals surface area contributed by atoms with Crippen LogP contribution in [0.5, 0.6) is 5.75 Å². The lowest BCUT2D eigenvalue weighted by atomic mass is 10.1. The minimum Gasteiger partial charge on any atom is -0.479 e. The van der Waals surface area contributed by atoms with E-state index in [1.165, 1.54) is 0 Å². The summed E-state index contributed by atoms with van der Waals surface area (Å²) in [5, 5.41) is 5.51. The fraction of sp³-hybridized carbons (Fsp3) is 0.391. The predicted octanol–water partition coefficient (Wildman–Crippen LogP) is 3.75. The Morgan fingerprint density at radius 1 is 1.10 bits per heavy atom. The van der Waals surface area contributed by atoms with E-state index in [2.05, 4.69) is 10.6 Å². The molecule has 2 N–H and O–H groups in total. The van der Waals surface area contributed by atoms with Crippen molar-refractivity contribution in [2.75, 3.05) is 10.6 Å². The van der Waals surface area contributed by atoms with Crippen molar-refractivity contribution in [3.63, 3.8) is 0 Å². The number of amides is 2. The number of sulfone groups is 1. The van der Waals surface area contributed by atoms with Crippen molar-refractivity contribution in [3.05, 3.63) is 47.5 Å². The molecule has 164 valence electrons. The van der Waals surface area contributed by atoms with Crippen molar-refractivity contribution in [3.8, 4) is 5.75 Å². The molecular formula is C23H26N2O5S. The third-order valence-corrected chi connectivity index (χ3v) is 8.79. The molecule has 1 aliphatic carbocycles. The highest BCUT2D eigenvalue weighted by Gasteiger charge is 2.53. The lowest BCUT2D eigenvalue weighted by Crippen LogP contribution is -2.47. The fourth-order valence-electron chi connectivity index (χ4n) is 4.20. The second kappa shape index (κ2) is 7.67. The van der Waals surface area contributed by atoms with Gasteiger partial charge >= 0.3 is 0 Å². The van der Waals surface area contributed by atoms with Crippen molar-refractivity contribution in [2.24, 2.45) is 0 Å². The van der Waals surface area contributed by atoms with Crippen LogP contribution in [-0.2, 0) is 19.4 Å². The SMILES string of the molecule is Cc1ccc(S(=O)(=O)C2(C(=O)Nc3ccc4c(c3)NC(=O)C(C)O4)CCCC2)cc1C. The van der Waals surface area contributed by atoms with Crippen LogP contribution in [0.2, 0.25) is 0 Å². The highest BCUT2D eigenvalue weighted by molar-refractivity contribution is 7.93. The quantitative estimate of drug-likeness (QED) is 0.751. The Labute approximate surface area is 182 Å². The van der Waals surface area contributed by atoms with E-state index in [1.54, 1.807) is 43.3 Å². The average Bonchev–Trinajstić information content (AvgIpc) is 3.23. The lowest BCUT2D eigenvalue weighted by molar-refractivity contribution is -0.122. The zero-order valence-corrected chi connectivity index (χ0v) is 18.6. The van der Waals surface area contributed by atoms with Gasteiger partial charge in [-0.15, -0.1) is 0 Å². The van der Waals surface area contributed by atoms with Crippen LogP contribution in [0.25, 0.3) is 0 Å². The topological polar surface area (TPSA) is 102 Å². The van der Waals surface area contributed by atoms with Crippen LogP contribution in [0.15, 0.2) is 41.3 Å². The van der Waals surface area contributed by atoms with Gasteiger partial charge in [-0.2, -0.15) is 0 Å². The summed E-state index contributed by atoms with van der Waals surface area (Å²) >= 11 is 0. The average molecular weight is 443 g/mol. The van der Waals surface area contributed by atoms with Crippen molar-refractivity contribution >= 4 is 33.0 Å². The predicted molar refractivity (Wildman–Crippen MR) is 118 cm³/mol. The molecule has 2 aromatic carbocycles. The van der Waals surface area contributed by atoms with E-state index >= 15 is 0 Å². The molecule has 0 aromatic heterocycles. The number of rotatable bonds is 4. The first-order chi connectivity index (χ1) is 14.6. The Hall–Kier alpha value is -2.87. The first-order valence-electron chi connectivity index (χ1n) is 10.4. The molecule has 2 aliphatic rings. The van der Waals surface area contributed by atoms with Crippen molar-refractivity contribution in [2.45, 2.75) is 62.2 Å². The number of aryl methyl sites for hydroxylation is 2. The molecule has 1 aliphatic heterocycles. The Kier molecular flexibility index (Phi) is 5.29.